The van der Waals surface area contributed by atoms with E-state index in [2.05, 4.69) is 63.3 Å². The van der Waals surface area contributed by atoms with Crippen LogP contribution >= 0.6 is 27.7 Å². The average Bonchev–Trinajstić information content (AvgIpc) is 2.42. The minimum absolute atomic E-state index is 0.652. The van der Waals surface area contributed by atoms with Crippen molar-refractivity contribution in [2.75, 3.05) is 6.54 Å². The molecular weight excluding hydrogens is 334 g/mol. The second kappa shape index (κ2) is 7.76. The molecule has 0 bridgehead atoms. The third-order valence-electron chi connectivity index (χ3n) is 2.64. The predicted octanol–water partition coefficient (Wildman–Crippen LogP) is 4.14. The normalized spacial score (nSPS) is 11.0. The summed E-state index contributed by atoms with van der Waals surface area (Å²) in [5.41, 5.74) is 1.27. The molecule has 0 radical (unpaired) electrons. The lowest BCUT2D eigenvalue weighted by molar-refractivity contribution is 0.550. The molecule has 0 aliphatic rings. The third kappa shape index (κ3) is 4.89. The lowest BCUT2D eigenvalue weighted by Gasteiger charge is -2.11. The van der Waals surface area contributed by atoms with Gasteiger partial charge in [0.1, 0.15) is 0 Å². The molecule has 0 saturated heterocycles. The standard InChI is InChI=1S/C15H18BrN3S/c1-11(2)9-17-10-12-4-5-13(16)8-14(12)20-15-18-6-3-7-19-15/h3-8,11,17H,9-10H2,1-2H3. The van der Waals surface area contributed by atoms with Gasteiger partial charge in [-0.25, -0.2) is 9.97 Å². The Morgan fingerprint density at radius 1 is 1.25 bits per heavy atom. The van der Waals surface area contributed by atoms with E-state index in [1.807, 2.05) is 6.07 Å². The van der Waals surface area contributed by atoms with Crippen LogP contribution in [0.5, 0.6) is 0 Å². The van der Waals surface area contributed by atoms with Crippen LogP contribution in [0.3, 0.4) is 0 Å². The number of aromatic nitrogens is 2. The maximum absolute atomic E-state index is 4.27. The van der Waals surface area contributed by atoms with Gasteiger partial charge in [0.25, 0.3) is 0 Å². The Hall–Kier alpha value is -0.910. The number of hydrogen-bond donors (Lipinski definition) is 1. The molecule has 2 rings (SSSR count). The van der Waals surface area contributed by atoms with Gasteiger partial charge in [0.05, 0.1) is 0 Å². The van der Waals surface area contributed by atoms with Crippen LogP contribution in [0.1, 0.15) is 19.4 Å². The van der Waals surface area contributed by atoms with Crippen molar-refractivity contribution in [3.63, 3.8) is 0 Å². The summed E-state index contributed by atoms with van der Waals surface area (Å²) in [5, 5.41) is 4.25. The van der Waals surface area contributed by atoms with E-state index in [1.54, 1.807) is 24.2 Å². The Balaban J connectivity index is 2.11. The first kappa shape index (κ1) is 15.5. The topological polar surface area (TPSA) is 37.8 Å². The SMILES string of the molecule is CC(C)CNCc1ccc(Br)cc1Sc1ncccn1. The van der Waals surface area contributed by atoms with Gasteiger partial charge in [-0.2, -0.15) is 0 Å². The Kier molecular flexibility index (Phi) is 6.01. The van der Waals surface area contributed by atoms with Crippen LogP contribution in [0.15, 0.2) is 51.2 Å². The van der Waals surface area contributed by atoms with Gasteiger partial charge in [0.15, 0.2) is 5.16 Å². The van der Waals surface area contributed by atoms with Crippen LogP contribution in [0, 0.1) is 5.92 Å². The van der Waals surface area contributed by atoms with E-state index in [-0.39, 0.29) is 0 Å². The second-order valence-electron chi connectivity index (χ2n) is 4.91. The van der Waals surface area contributed by atoms with E-state index in [4.69, 9.17) is 0 Å². The van der Waals surface area contributed by atoms with Gasteiger partial charge in [-0.3, -0.25) is 0 Å². The molecular formula is C15H18BrN3S. The first-order valence-corrected chi connectivity index (χ1v) is 8.20. The first-order chi connectivity index (χ1) is 9.65. The van der Waals surface area contributed by atoms with Crippen molar-refractivity contribution < 1.29 is 0 Å². The fourth-order valence-corrected chi connectivity index (χ4v) is 3.10. The van der Waals surface area contributed by atoms with Crippen molar-refractivity contribution in [1.82, 2.24) is 15.3 Å². The molecule has 0 saturated carbocycles. The molecule has 1 heterocycles. The molecule has 0 amide bonds. The lowest BCUT2D eigenvalue weighted by atomic mass is 10.2. The second-order valence-corrected chi connectivity index (χ2v) is 6.83. The van der Waals surface area contributed by atoms with Crippen molar-refractivity contribution in [3.8, 4) is 0 Å². The lowest BCUT2D eigenvalue weighted by Crippen LogP contribution is -2.19. The zero-order valence-corrected chi connectivity index (χ0v) is 14.0. The highest BCUT2D eigenvalue weighted by molar-refractivity contribution is 9.10. The molecule has 3 nitrogen and oxygen atoms in total. The number of hydrogen-bond acceptors (Lipinski definition) is 4. The summed E-state index contributed by atoms with van der Waals surface area (Å²) < 4.78 is 1.07. The molecule has 20 heavy (non-hydrogen) atoms. The van der Waals surface area contributed by atoms with Gasteiger partial charge < -0.3 is 5.32 Å². The summed E-state index contributed by atoms with van der Waals surface area (Å²) in [6, 6.07) is 8.16. The smallest absolute Gasteiger partial charge is 0.192 e. The van der Waals surface area contributed by atoms with Crippen LogP contribution in [0.2, 0.25) is 0 Å². The third-order valence-corrected chi connectivity index (χ3v) is 4.13. The van der Waals surface area contributed by atoms with Crippen LogP contribution in [0.4, 0.5) is 0 Å². The minimum Gasteiger partial charge on any atom is -0.312 e. The molecule has 1 aromatic carbocycles. The minimum atomic E-state index is 0.652. The summed E-state index contributed by atoms with van der Waals surface area (Å²) >= 11 is 5.12. The number of halogens is 1. The molecule has 0 aliphatic heterocycles. The molecule has 106 valence electrons. The highest BCUT2D eigenvalue weighted by Gasteiger charge is 2.07. The number of rotatable bonds is 6. The maximum atomic E-state index is 4.27. The fraction of sp³-hybridized carbons (Fsp3) is 0.333. The Morgan fingerprint density at radius 3 is 2.70 bits per heavy atom. The van der Waals surface area contributed by atoms with E-state index in [0.717, 1.165) is 22.7 Å². The maximum Gasteiger partial charge on any atom is 0.192 e. The molecule has 5 heteroatoms. The van der Waals surface area contributed by atoms with E-state index >= 15 is 0 Å². The molecule has 0 atom stereocenters. The molecule has 0 fully saturated rings. The van der Waals surface area contributed by atoms with E-state index in [1.165, 1.54) is 10.5 Å². The van der Waals surface area contributed by atoms with E-state index in [0.29, 0.717) is 5.92 Å². The molecule has 1 N–H and O–H groups in total. The average molecular weight is 352 g/mol. The van der Waals surface area contributed by atoms with Crippen molar-refractivity contribution in [1.29, 1.82) is 0 Å². The van der Waals surface area contributed by atoms with Gasteiger partial charge >= 0.3 is 0 Å². The first-order valence-electron chi connectivity index (χ1n) is 6.59. The van der Waals surface area contributed by atoms with Crippen molar-refractivity contribution in [2.24, 2.45) is 5.92 Å². The van der Waals surface area contributed by atoms with Crippen LogP contribution in [-0.2, 0) is 6.54 Å². The quantitative estimate of drug-likeness (QED) is 0.793. The summed E-state index contributed by atoms with van der Waals surface area (Å²) in [5.74, 6) is 0.652. The van der Waals surface area contributed by atoms with Crippen LogP contribution < -0.4 is 5.32 Å². The van der Waals surface area contributed by atoms with Gasteiger partial charge in [-0.1, -0.05) is 35.8 Å². The van der Waals surface area contributed by atoms with E-state index < -0.39 is 0 Å². The van der Waals surface area contributed by atoms with Crippen LogP contribution in [-0.4, -0.2) is 16.5 Å². The van der Waals surface area contributed by atoms with Gasteiger partial charge in [0.2, 0.25) is 0 Å². The molecule has 0 unspecified atom stereocenters. The zero-order chi connectivity index (χ0) is 14.4. The molecule has 1 aromatic heterocycles. The molecule has 2 aromatic rings. The summed E-state index contributed by atoms with van der Waals surface area (Å²) in [7, 11) is 0. The van der Waals surface area contributed by atoms with Crippen molar-refractivity contribution in [3.05, 3.63) is 46.7 Å². The fourth-order valence-electron chi connectivity index (χ4n) is 1.70. The summed E-state index contributed by atoms with van der Waals surface area (Å²) in [6.07, 6.45) is 3.54. The number of nitrogens with one attached hydrogen (secondary N) is 1. The van der Waals surface area contributed by atoms with Crippen molar-refractivity contribution in [2.45, 2.75) is 30.4 Å². The van der Waals surface area contributed by atoms with Crippen molar-refractivity contribution >= 4 is 27.7 Å². The van der Waals surface area contributed by atoms with Crippen LogP contribution in [0.25, 0.3) is 0 Å². The van der Waals surface area contributed by atoms with E-state index in [9.17, 15) is 0 Å². The predicted molar refractivity (Wildman–Crippen MR) is 86.8 cm³/mol. The van der Waals surface area contributed by atoms with Gasteiger partial charge in [-0.15, -0.1) is 0 Å². The largest absolute Gasteiger partial charge is 0.312 e. The highest BCUT2D eigenvalue weighted by Crippen LogP contribution is 2.30. The summed E-state index contributed by atoms with van der Waals surface area (Å²) in [6.45, 7) is 6.30. The molecule has 0 spiro atoms. The zero-order valence-electron chi connectivity index (χ0n) is 11.6. The Bertz CT molecular complexity index is 546. The monoisotopic (exact) mass is 351 g/mol. The van der Waals surface area contributed by atoms with Gasteiger partial charge in [0, 0.05) is 28.3 Å². The Morgan fingerprint density at radius 2 is 2.00 bits per heavy atom. The molecule has 0 aliphatic carbocycles. The number of benzene rings is 1. The summed E-state index contributed by atoms with van der Waals surface area (Å²) in [4.78, 5) is 9.72. The highest BCUT2D eigenvalue weighted by atomic mass is 79.9. The Labute approximate surface area is 132 Å². The van der Waals surface area contributed by atoms with Gasteiger partial charge in [-0.05, 0) is 48.0 Å². The number of nitrogens with zero attached hydrogens (tertiary/aromatic N) is 2.